The molecule has 1 heterocycles. The number of aromatic nitrogens is 1. The number of carbonyl (C=O) groups is 1. The van der Waals surface area contributed by atoms with E-state index in [-0.39, 0.29) is 11.9 Å². The maximum atomic E-state index is 11.4. The Hall–Kier alpha value is -1.89. The highest BCUT2D eigenvalue weighted by atomic mass is 16.1. The van der Waals surface area contributed by atoms with Crippen LogP contribution < -0.4 is 5.32 Å². The average Bonchev–Trinajstić information content (AvgIpc) is 2.17. The summed E-state index contributed by atoms with van der Waals surface area (Å²) < 4.78 is 0. The lowest BCUT2D eigenvalue weighted by Crippen LogP contribution is -2.30. The molecule has 4 nitrogen and oxygen atoms in total. The van der Waals surface area contributed by atoms with E-state index < -0.39 is 0 Å². The molecule has 1 amide bonds. The van der Waals surface area contributed by atoms with Crippen LogP contribution in [0.1, 0.15) is 29.9 Å². The highest BCUT2D eigenvalue weighted by molar-refractivity contribution is 5.94. The van der Waals surface area contributed by atoms with Crippen LogP contribution >= 0.6 is 0 Å². The average molecular weight is 189 g/mol. The van der Waals surface area contributed by atoms with Gasteiger partial charge in [-0.25, -0.2) is 4.98 Å². The van der Waals surface area contributed by atoms with Crippen LogP contribution in [0.25, 0.3) is 0 Å². The molecule has 0 unspecified atom stereocenters. The summed E-state index contributed by atoms with van der Waals surface area (Å²) in [6.45, 7) is 3.77. The summed E-state index contributed by atoms with van der Waals surface area (Å²) in [6.07, 6.45) is 1.40. The fourth-order valence-electron chi connectivity index (χ4n) is 0.940. The molecule has 0 aliphatic carbocycles. The molecule has 1 aromatic rings. The maximum Gasteiger partial charge on any atom is 0.253 e. The van der Waals surface area contributed by atoms with Crippen LogP contribution in [-0.2, 0) is 0 Å². The van der Waals surface area contributed by atoms with Gasteiger partial charge in [-0.2, -0.15) is 5.26 Å². The lowest BCUT2D eigenvalue weighted by molar-refractivity contribution is 0.0943. The Morgan fingerprint density at radius 3 is 2.71 bits per heavy atom. The third-order valence-corrected chi connectivity index (χ3v) is 1.56. The Morgan fingerprint density at radius 2 is 2.29 bits per heavy atom. The van der Waals surface area contributed by atoms with E-state index in [0.29, 0.717) is 11.3 Å². The van der Waals surface area contributed by atoms with Gasteiger partial charge in [-0.05, 0) is 26.0 Å². The summed E-state index contributed by atoms with van der Waals surface area (Å²) in [5.41, 5.74) is 0.781. The first-order chi connectivity index (χ1) is 6.63. The van der Waals surface area contributed by atoms with Gasteiger partial charge in [-0.1, -0.05) is 0 Å². The Bertz CT molecular complexity index is 362. The fourth-order valence-corrected chi connectivity index (χ4v) is 0.940. The monoisotopic (exact) mass is 189 g/mol. The zero-order valence-corrected chi connectivity index (χ0v) is 8.11. The molecule has 0 aliphatic heterocycles. The van der Waals surface area contributed by atoms with Crippen LogP contribution in [0, 0.1) is 11.3 Å². The minimum atomic E-state index is -0.169. The summed E-state index contributed by atoms with van der Waals surface area (Å²) in [4.78, 5) is 15.2. The lowest BCUT2D eigenvalue weighted by atomic mass is 10.2. The van der Waals surface area contributed by atoms with Gasteiger partial charge in [0.05, 0.1) is 5.56 Å². The smallest absolute Gasteiger partial charge is 0.253 e. The molecule has 0 bridgehead atoms. The van der Waals surface area contributed by atoms with Crippen LogP contribution in [-0.4, -0.2) is 16.9 Å². The minimum absolute atomic E-state index is 0.0955. The van der Waals surface area contributed by atoms with Crippen molar-refractivity contribution in [2.75, 3.05) is 0 Å². The molecular formula is C10H11N3O. The van der Waals surface area contributed by atoms with E-state index in [9.17, 15) is 4.79 Å². The SMILES string of the molecule is CC(C)NC(=O)c1ccc(C#N)nc1. The number of rotatable bonds is 2. The van der Waals surface area contributed by atoms with Crippen molar-refractivity contribution in [1.82, 2.24) is 10.3 Å². The normalized spacial score (nSPS) is 9.57. The van der Waals surface area contributed by atoms with Gasteiger partial charge in [0.1, 0.15) is 11.8 Å². The molecule has 0 fully saturated rings. The summed E-state index contributed by atoms with van der Waals surface area (Å²) in [5.74, 6) is -0.169. The molecule has 0 atom stereocenters. The van der Waals surface area contributed by atoms with Gasteiger partial charge in [0.15, 0.2) is 0 Å². The highest BCUT2D eigenvalue weighted by Gasteiger charge is 2.06. The van der Waals surface area contributed by atoms with Gasteiger partial charge in [0.2, 0.25) is 0 Å². The number of nitrogens with one attached hydrogen (secondary N) is 1. The minimum Gasteiger partial charge on any atom is -0.350 e. The topological polar surface area (TPSA) is 65.8 Å². The Labute approximate surface area is 82.6 Å². The Balaban J connectivity index is 2.78. The first-order valence-corrected chi connectivity index (χ1v) is 4.30. The molecule has 0 saturated carbocycles. The second-order valence-corrected chi connectivity index (χ2v) is 3.17. The van der Waals surface area contributed by atoms with Crippen molar-refractivity contribution in [2.45, 2.75) is 19.9 Å². The molecule has 14 heavy (non-hydrogen) atoms. The molecule has 0 spiro atoms. The number of nitriles is 1. The molecule has 0 radical (unpaired) electrons. The van der Waals surface area contributed by atoms with E-state index in [4.69, 9.17) is 5.26 Å². The fraction of sp³-hybridized carbons (Fsp3) is 0.300. The van der Waals surface area contributed by atoms with Gasteiger partial charge < -0.3 is 5.32 Å². The molecule has 0 aliphatic rings. The molecule has 4 heteroatoms. The van der Waals surface area contributed by atoms with Crippen molar-refractivity contribution in [3.05, 3.63) is 29.6 Å². The van der Waals surface area contributed by atoms with Crippen LogP contribution in [0.5, 0.6) is 0 Å². The van der Waals surface area contributed by atoms with Crippen molar-refractivity contribution < 1.29 is 4.79 Å². The molecule has 1 N–H and O–H groups in total. The summed E-state index contributed by atoms with van der Waals surface area (Å²) in [6, 6.07) is 5.10. The summed E-state index contributed by atoms with van der Waals surface area (Å²) in [5, 5.41) is 11.2. The summed E-state index contributed by atoms with van der Waals surface area (Å²) in [7, 11) is 0. The van der Waals surface area contributed by atoms with Gasteiger partial charge in [0.25, 0.3) is 5.91 Å². The Kier molecular flexibility index (Phi) is 3.19. The van der Waals surface area contributed by atoms with Crippen molar-refractivity contribution in [2.24, 2.45) is 0 Å². The molecule has 1 aromatic heterocycles. The third-order valence-electron chi connectivity index (χ3n) is 1.56. The maximum absolute atomic E-state index is 11.4. The standard InChI is InChI=1S/C10H11N3O/c1-7(2)13-10(14)8-3-4-9(5-11)12-6-8/h3-4,6-7H,1-2H3,(H,13,14). The quantitative estimate of drug-likeness (QED) is 0.757. The first kappa shape index (κ1) is 10.2. The molecule has 0 saturated heterocycles. The molecule has 72 valence electrons. The van der Waals surface area contributed by atoms with E-state index in [0.717, 1.165) is 0 Å². The van der Waals surface area contributed by atoms with Crippen molar-refractivity contribution >= 4 is 5.91 Å². The third kappa shape index (κ3) is 2.56. The zero-order chi connectivity index (χ0) is 10.6. The van der Waals surface area contributed by atoms with Gasteiger partial charge >= 0.3 is 0 Å². The zero-order valence-electron chi connectivity index (χ0n) is 8.11. The number of hydrogen-bond donors (Lipinski definition) is 1. The van der Waals surface area contributed by atoms with Gasteiger partial charge in [0, 0.05) is 12.2 Å². The van der Waals surface area contributed by atoms with Crippen molar-refractivity contribution in [3.8, 4) is 6.07 Å². The number of amides is 1. The molecular weight excluding hydrogens is 178 g/mol. The van der Waals surface area contributed by atoms with Crippen molar-refractivity contribution in [1.29, 1.82) is 5.26 Å². The van der Waals surface area contributed by atoms with E-state index in [1.54, 1.807) is 6.07 Å². The highest BCUT2D eigenvalue weighted by Crippen LogP contribution is 1.99. The molecule has 1 rings (SSSR count). The van der Waals surface area contributed by atoms with E-state index >= 15 is 0 Å². The predicted molar refractivity (Wildman–Crippen MR) is 51.6 cm³/mol. The predicted octanol–water partition coefficient (Wildman–Crippen LogP) is 1.09. The second-order valence-electron chi connectivity index (χ2n) is 3.17. The number of pyridine rings is 1. The van der Waals surface area contributed by atoms with Crippen LogP contribution in [0.4, 0.5) is 0 Å². The molecule has 0 aromatic carbocycles. The van der Waals surface area contributed by atoms with Crippen molar-refractivity contribution in [3.63, 3.8) is 0 Å². The van der Waals surface area contributed by atoms with E-state index in [1.807, 2.05) is 19.9 Å². The van der Waals surface area contributed by atoms with Crippen LogP contribution in [0.2, 0.25) is 0 Å². The number of carbonyl (C=O) groups excluding carboxylic acids is 1. The van der Waals surface area contributed by atoms with E-state index in [2.05, 4.69) is 10.3 Å². The number of nitrogens with zero attached hydrogens (tertiary/aromatic N) is 2. The van der Waals surface area contributed by atoms with Gasteiger partial charge in [-0.15, -0.1) is 0 Å². The second kappa shape index (κ2) is 4.38. The summed E-state index contributed by atoms with van der Waals surface area (Å²) >= 11 is 0. The van der Waals surface area contributed by atoms with Crippen LogP contribution in [0.3, 0.4) is 0 Å². The lowest BCUT2D eigenvalue weighted by Gasteiger charge is -2.07. The van der Waals surface area contributed by atoms with Crippen LogP contribution in [0.15, 0.2) is 18.3 Å². The largest absolute Gasteiger partial charge is 0.350 e. The van der Waals surface area contributed by atoms with E-state index in [1.165, 1.54) is 12.3 Å². The number of hydrogen-bond acceptors (Lipinski definition) is 3. The Morgan fingerprint density at radius 1 is 1.57 bits per heavy atom. The first-order valence-electron chi connectivity index (χ1n) is 4.30. The van der Waals surface area contributed by atoms with Gasteiger partial charge in [-0.3, -0.25) is 4.79 Å².